The van der Waals surface area contributed by atoms with Crippen LogP contribution in [-0.4, -0.2) is 29.5 Å². The molecule has 0 unspecified atom stereocenters. The highest BCUT2D eigenvalue weighted by Gasteiger charge is 2.19. The van der Waals surface area contributed by atoms with Gasteiger partial charge in [0.25, 0.3) is 11.6 Å². The predicted octanol–water partition coefficient (Wildman–Crippen LogP) is 2.82. The third kappa shape index (κ3) is 5.73. The highest BCUT2D eigenvalue weighted by Crippen LogP contribution is 2.18. The van der Waals surface area contributed by atoms with Crippen LogP contribution in [0.15, 0.2) is 42.5 Å². The summed E-state index contributed by atoms with van der Waals surface area (Å²) in [6, 6.07) is 7.62. The van der Waals surface area contributed by atoms with Gasteiger partial charge >= 0.3 is 5.97 Å². The number of nitro groups is 1. The molecule has 0 radical (unpaired) electrons. The normalized spacial score (nSPS) is 11.4. The summed E-state index contributed by atoms with van der Waals surface area (Å²) in [6.45, 7) is 0.723. The number of nitrogens with one attached hydrogen (secondary N) is 1. The zero-order valence-corrected chi connectivity index (χ0v) is 14.0. The number of nitro benzene ring substituents is 1. The van der Waals surface area contributed by atoms with Crippen molar-refractivity contribution >= 4 is 23.3 Å². The van der Waals surface area contributed by atoms with Gasteiger partial charge in [-0.3, -0.25) is 14.9 Å². The zero-order chi connectivity index (χ0) is 20.0. The topological polar surface area (TPSA) is 108 Å². The monoisotopic (exact) mass is 380 g/mol. The van der Waals surface area contributed by atoms with Crippen molar-refractivity contribution in [1.82, 2.24) is 0 Å². The smallest absolute Gasteiger partial charge is 0.344 e. The van der Waals surface area contributed by atoms with Crippen molar-refractivity contribution in [2.75, 3.05) is 11.9 Å². The van der Waals surface area contributed by atoms with Crippen molar-refractivity contribution < 1.29 is 32.8 Å². The quantitative estimate of drug-likeness (QED) is 0.450. The number of nitrogens with zero attached hydrogens (tertiary/aromatic N) is 1. The second-order valence-corrected chi connectivity index (χ2v) is 5.29. The lowest BCUT2D eigenvalue weighted by molar-refractivity contribution is -0.384. The van der Waals surface area contributed by atoms with Crippen LogP contribution in [0.3, 0.4) is 0 Å². The van der Waals surface area contributed by atoms with Gasteiger partial charge in [0.1, 0.15) is 17.4 Å². The molecular weight excluding hydrogens is 366 g/mol. The molecule has 0 fully saturated rings. The Kier molecular flexibility index (Phi) is 6.36. The summed E-state index contributed by atoms with van der Waals surface area (Å²) in [4.78, 5) is 33.6. The molecule has 0 aliphatic heterocycles. The molecule has 142 valence electrons. The molecule has 1 N–H and O–H groups in total. The number of rotatable bonds is 7. The lowest BCUT2D eigenvalue weighted by Gasteiger charge is -2.14. The Hall–Kier alpha value is -3.56. The van der Waals surface area contributed by atoms with E-state index in [1.54, 1.807) is 0 Å². The second kappa shape index (κ2) is 8.70. The molecule has 1 atom stereocenters. The standard InChI is InChI=1S/C17H14F2N2O6/c1-10(17(23)20-15-7-2-11(18)8-14(15)19)27-16(22)9-26-13-5-3-12(4-6-13)21(24)25/h2-8,10H,9H2,1H3,(H,20,23)/t10-/m0/s1. The minimum Gasteiger partial charge on any atom is -0.482 e. The Morgan fingerprint density at radius 3 is 2.44 bits per heavy atom. The first-order valence-electron chi connectivity index (χ1n) is 7.59. The molecule has 0 bridgehead atoms. The molecule has 0 saturated heterocycles. The lowest BCUT2D eigenvalue weighted by atomic mass is 10.2. The third-order valence-corrected chi connectivity index (χ3v) is 3.27. The van der Waals surface area contributed by atoms with E-state index in [9.17, 15) is 28.5 Å². The first-order chi connectivity index (χ1) is 12.8. The number of hydrogen-bond donors (Lipinski definition) is 1. The molecule has 0 heterocycles. The number of carbonyl (C=O) groups excluding carboxylic acids is 2. The third-order valence-electron chi connectivity index (χ3n) is 3.27. The van der Waals surface area contributed by atoms with Crippen LogP contribution in [-0.2, 0) is 14.3 Å². The van der Waals surface area contributed by atoms with Gasteiger partial charge in [-0.25, -0.2) is 13.6 Å². The summed E-state index contributed by atoms with van der Waals surface area (Å²) >= 11 is 0. The fourth-order valence-corrected chi connectivity index (χ4v) is 1.92. The van der Waals surface area contributed by atoms with Crippen LogP contribution in [0.4, 0.5) is 20.2 Å². The van der Waals surface area contributed by atoms with Crippen LogP contribution in [0.1, 0.15) is 6.92 Å². The molecule has 2 aromatic carbocycles. The van der Waals surface area contributed by atoms with Crippen LogP contribution in [0.25, 0.3) is 0 Å². The molecule has 0 aliphatic rings. The summed E-state index contributed by atoms with van der Waals surface area (Å²) in [6.07, 6.45) is -1.26. The Morgan fingerprint density at radius 2 is 1.85 bits per heavy atom. The minimum absolute atomic E-state index is 0.136. The Balaban J connectivity index is 1.83. The SMILES string of the molecule is C[C@H](OC(=O)COc1ccc([N+](=O)[O-])cc1)C(=O)Nc1ccc(F)cc1F. The van der Waals surface area contributed by atoms with E-state index in [-0.39, 0.29) is 17.1 Å². The van der Waals surface area contributed by atoms with E-state index in [0.29, 0.717) is 6.07 Å². The van der Waals surface area contributed by atoms with Gasteiger partial charge in [-0.15, -0.1) is 0 Å². The maximum absolute atomic E-state index is 13.5. The fourth-order valence-electron chi connectivity index (χ4n) is 1.92. The number of halogens is 2. The summed E-state index contributed by atoms with van der Waals surface area (Å²) in [5, 5.41) is 12.7. The predicted molar refractivity (Wildman–Crippen MR) is 89.1 cm³/mol. The molecule has 1 amide bonds. The van der Waals surface area contributed by atoms with Gasteiger partial charge < -0.3 is 14.8 Å². The van der Waals surface area contributed by atoms with Crippen molar-refractivity contribution in [2.24, 2.45) is 0 Å². The molecule has 2 rings (SSSR count). The van der Waals surface area contributed by atoms with Crippen LogP contribution >= 0.6 is 0 Å². The molecular formula is C17H14F2N2O6. The first-order valence-corrected chi connectivity index (χ1v) is 7.59. The molecule has 2 aromatic rings. The van der Waals surface area contributed by atoms with Crippen LogP contribution < -0.4 is 10.1 Å². The minimum atomic E-state index is -1.26. The van der Waals surface area contributed by atoms with Gasteiger partial charge in [0, 0.05) is 18.2 Å². The van der Waals surface area contributed by atoms with Crippen molar-refractivity contribution in [3.63, 3.8) is 0 Å². The summed E-state index contributed by atoms with van der Waals surface area (Å²) < 4.78 is 36.3. The zero-order valence-electron chi connectivity index (χ0n) is 14.0. The van der Waals surface area contributed by atoms with Crippen LogP contribution in [0.2, 0.25) is 0 Å². The number of benzene rings is 2. The molecule has 0 aromatic heterocycles. The van der Waals surface area contributed by atoms with Gasteiger partial charge in [0.15, 0.2) is 12.7 Å². The van der Waals surface area contributed by atoms with Crippen molar-refractivity contribution in [3.8, 4) is 5.75 Å². The highest BCUT2D eigenvalue weighted by atomic mass is 19.1. The Morgan fingerprint density at radius 1 is 1.19 bits per heavy atom. The Bertz CT molecular complexity index is 857. The number of anilines is 1. The molecule has 27 heavy (non-hydrogen) atoms. The maximum atomic E-state index is 13.5. The van der Waals surface area contributed by atoms with Gasteiger partial charge in [0.05, 0.1) is 10.6 Å². The van der Waals surface area contributed by atoms with E-state index in [2.05, 4.69) is 5.32 Å². The number of hydrogen-bond acceptors (Lipinski definition) is 6. The number of esters is 1. The van der Waals surface area contributed by atoms with E-state index >= 15 is 0 Å². The van der Waals surface area contributed by atoms with E-state index in [1.165, 1.54) is 31.2 Å². The van der Waals surface area contributed by atoms with Crippen molar-refractivity contribution in [3.05, 3.63) is 64.2 Å². The fraction of sp³-hybridized carbons (Fsp3) is 0.176. The van der Waals surface area contributed by atoms with Crippen molar-refractivity contribution in [2.45, 2.75) is 13.0 Å². The van der Waals surface area contributed by atoms with E-state index in [4.69, 9.17) is 9.47 Å². The first kappa shape index (κ1) is 19.8. The Labute approximate surface area is 151 Å². The number of carbonyl (C=O) groups is 2. The molecule has 0 spiro atoms. The maximum Gasteiger partial charge on any atom is 0.344 e. The number of amides is 1. The van der Waals surface area contributed by atoms with E-state index in [0.717, 1.165) is 12.1 Å². The molecule has 0 aliphatic carbocycles. The van der Waals surface area contributed by atoms with E-state index < -0.39 is 41.1 Å². The summed E-state index contributed by atoms with van der Waals surface area (Å²) in [5.74, 6) is -3.26. The van der Waals surface area contributed by atoms with Crippen LogP contribution in [0.5, 0.6) is 5.75 Å². The van der Waals surface area contributed by atoms with Gasteiger partial charge in [-0.2, -0.15) is 0 Å². The van der Waals surface area contributed by atoms with Gasteiger partial charge in [-0.1, -0.05) is 0 Å². The average molecular weight is 380 g/mol. The average Bonchev–Trinajstić information content (AvgIpc) is 2.62. The largest absolute Gasteiger partial charge is 0.482 e. The van der Waals surface area contributed by atoms with Crippen LogP contribution in [0, 0.1) is 21.7 Å². The molecule has 8 nitrogen and oxygen atoms in total. The van der Waals surface area contributed by atoms with Gasteiger partial charge in [-0.05, 0) is 31.2 Å². The summed E-state index contributed by atoms with van der Waals surface area (Å²) in [7, 11) is 0. The second-order valence-electron chi connectivity index (χ2n) is 5.29. The summed E-state index contributed by atoms with van der Waals surface area (Å²) in [5.41, 5.74) is -0.394. The lowest BCUT2D eigenvalue weighted by Crippen LogP contribution is -2.32. The van der Waals surface area contributed by atoms with Crippen molar-refractivity contribution in [1.29, 1.82) is 0 Å². The number of non-ortho nitro benzene ring substituents is 1. The number of ether oxygens (including phenoxy) is 2. The molecule has 10 heteroatoms. The van der Waals surface area contributed by atoms with Gasteiger partial charge in [0.2, 0.25) is 0 Å². The highest BCUT2D eigenvalue weighted by molar-refractivity contribution is 5.95. The van der Waals surface area contributed by atoms with E-state index in [1.807, 2.05) is 0 Å². The molecule has 0 saturated carbocycles.